The average molecular weight is 357 g/mol. The van der Waals surface area contributed by atoms with Crippen molar-refractivity contribution in [1.82, 2.24) is 9.99 Å². The maximum Gasteiger partial charge on any atom is 0.213 e. The zero-order valence-corrected chi connectivity index (χ0v) is 14.9. The molecule has 5 nitrogen and oxygen atoms in total. The van der Waals surface area contributed by atoms with Crippen LogP contribution in [0.25, 0.3) is 0 Å². The molecule has 0 fully saturated rings. The van der Waals surface area contributed by atoms with E-state index in [1.807, 2.05) is 42.5 Å². The third-order valence-corrected chi connectivity index (χ3v) is 5.09. The lowest BCUT2D eigenvalue weighted by Gasteiger charge is -2.38. The van der Waals surface area contributed by atoms with Crippen LogP contribution in [0.1, 0.15) is 35.4 Å². The second kappa shape index (κ2) is 6.43. The summed E-state index contributed by atoms with van der Waals surface area (Å²) in [5.41, 5.74) is 4.33. The number of nitrogens with zero attached hydrogens (tertiary/aromatic N) is 3. The molecule has 0 unspecified atom stereocenters. The second-order valence-electron chi connectivity index (χ2n) is 6.67. The fourth-order valence-corrected chi connectivity index (χ4v) is 3.76. The number of aromatic nitrogens is 1. The minimum atomic E-state index is -0.268. The molecule has 3 heterocycles. The van der Waals surface area contributed by atoms with Gasteiger partial charge in [-0.05, 0) is 30.3 Å². The SMILES string of the molecule is COc1cccc(C2=NN3[C@@H](C2)c2ccccc2O[C@H]3c2ccncc2)c1. The van der Waals surface area contributed by atoms with Gasteiger partial charge >= 0.3 is 0 Å². The van der Waals surface area contributed by atoms with Crippen LogP contribution in [-0.2, 0) is 0 Å². The maximum atomic E-state index is 6.33. The minimum absolute atomic E-state index is 0.148. The molecule has 0 spiro atoms. The summed E-state index contributed by atoms with van der Waals surface area (Å²) in [6.07, 6.45) is 4.14. The minimum Gasteiger partial charge on any atom is -0.497 e. The van der Waals surface area contributed by atoms with Crippen LogP contribution in [0.5, 0.6) is 11.5 Å². The molecule has 2 atom stereocenters. The van der Waals surface area contributed by atoms with Crippen molar-refractivity contribution in [3.05, 3.63) is 89.7 Å². The van der Waals surface area contributed by atoms with Crippen molar-refractivity contribution in [2.75, 3.05) is 7.11 Å². The van der Waals surface area contributed by atoms with Gasteiger partial charge < -0.3 is 9.47 Å². The quantitative estimate of drug-likeness (QED) is 0.700. The van der Waals surface area contributed by atoms with Gasteiger partial charge in [0.05, 0.1) is 18.9 Å². The summed E-state index contributed by atoms with van der Waals surface area (Å²) in [5, 5.41) is 7.04. The standard InChI is InChI=1S/C22H19N3O2/c1-26-17-6-4-5-16(13-17)19-14-20-18-7-2-3-8-21(18)27-22(25(20)24-19)15-9-11-23-12-10-15/h2-13,20,22H,14H2,1H3/t20-,22-/m0/s1. The van der Waals surface area contributed by atoms with E-state index in [0.29, 0.717) is 0 Å². The first-order valence-electron chi connectivity index (χ1n) is 8.99. The zero-order chi connectivity index (χ0) is 18.2. The van der Waals surface area contributed by atoms with Crippen molar-refractivity contribution in [2.24, 2.45) is 5.10 Å². The van der Waals surface area contributed by atoms with Crippen LogP contribution in [0.3, 0.4) is 0 Å². The maximum absolute atomic E-state index is 6.33. The van der Waals surface area contributed by atoms with Gasteiger partial charge in [0, 0.05) is 35.5 Å². The number of hydrogen-bond donors (Lipinski definition) is 0. The molecule has 0 saturated heterocycles. The van der Waals surface area contributed by atoms with Crippen molar-refractivity contribution in [3.63, 3.8) is 0 Å². The van der Waals surface area contributed by atoms with Crippen molar-refractivity contribution < 1.29 is 9.47 Å². The molecule has 2 aromatic carbocycles. The molecule has 0 radical (unpaired) electrons. The molecule has 2 aliphatic rings. The van der Waals surface area contributed by atoms with Crippen molar-refractivity contribution in [2.45, 2.75) is 18.7 Å². The first kappa shape index (κ1) is 15.9. The van der Waals surface area contributed by atoms with Gasteiger partial charge in [0.15, 0.2) is 0 Å². The monoisotopic (exact) mass is 357 g/mol. The second-order valence-corrected chi connectivity index (χ2v) is 6.67. The van der Waals surface area contributed by atoms with Crippen LogP contribution >= 0.6 is 0 Å². The highest BCUT2D eigenvalue weighted by Gasteiger charge is 2.40. The summed E-state index contributed by atoms with van der Waals surface area (Å²) in [6.45, 7) is 0. The molecular weight excluding hydrogens is 338 g/mol. The topological polar surface area (TPSA) is 47.0 Å². The molecule has 27 heavy (non-hydrogen) atoms. The van der Waals surface area contributed by atoms with Gasteiger partial charge in [-0.2, -0.15) is 5.10 Å². The predicted molar refractivity (Wildman–Crippen MR) is 103 cm³/mol. The molecule has 0 aliphatic carbocycles. The Balaban J connectivity index is 1.59. The Bertz CT molecular complexity index is 1000. The van der Waals surface area contributed by atoms with E-state index in [1.165, 1.54) is 5.56 Å². The van der Waals surface area contributed by atoms with Crippen LogP contribution in [0.2, 0.25) is 0 Å². The molecule has 0 amide bonds. The lowest BCUT2D eigenvalue weighted by molar-refractivity contribution is -0.0190. The van der Waals surface area contributed by atoms with E-state index in [1.54, 1.807) is 19.5 Å². The van der Waals surface area contributed by atoms with Crippen molar-refractivity contribution >= 4 is 5.71 Å². The third-order valence-electron chi connectivity index (χ3n) is 5.09. The predicted octanol–water partition coefficient (Wildman–Crippen LogP) is 4.33. The highest BCUT2D eigenvalue weighted by atomic mass is 16.5. The average Bonchev–Trinajstić information content (AvgIpc) is 3.19. The number of benzene rings is 2. The number of pyridine rings is 1. The Morgan fingerprint density at radius 3 is 2.74 bits per heavy atom. The normalized spacial score (nSPS) is 20.3. The van der Waals surface area contributed by atoms with Gasteiger partial charge in [0.2, 0.25) is 6.23 Å². The van der Waals surface area contributed by atoms with Crippen LogP contribution in [0.4, 0.5) is 0 Å². The molecular formula is C22H19N3O2. The zero-order valence-electron chi connectivity index (χ0n) is 14.9. The van der Waals surface area contributed by atoms with Gasteiger partial charge in [-0.1, -0.05) is 30.3 Å². The molecule has 0 bridgehead atoms. The fourth-order valence-electron chi connectivity index (χ4n) is 3.76. The first-order chi connectivity index (χ1) is 13.3. The number of fused-ring (bicyclic) bond motifs is 3. The number of hydrogen-bond acceptors (Lipinski definition) is 5. The number of hydrazone groups is 1. The molecule has 134 valence electrons. The van der Waals surface area contributed by atoms with E-state index in [2.05, 4.69) is 28.2 Å². The number of methoxy groups -OCH3 is 1. The molecule has 3 aromatic rings. The van der Waals surface area contributed by atoms with Gasteiger partial charge in [0.25, 0.3) is 0 Å². The first-order valence-corrected chi connectivity index (χ1v) is 8.99. The number of rotatable bonds is 3. The lowest BCUT2D eigenvalue weighted by atomic mass is 9.96. The van der Waals surface area contributed by atoms with E-state index in [-0.39, 0.29) is 12.3 Å². The van der Waals surface area contributed by atoms with Crippen LogP contribution in [-0.4, -0.2) is 22.8 Å². The Kier molecular flexibility index (Phi) is 3.78. The van der Waals surface area contributed by atoms with E-state index < -0.39 is 0 Å². The largest absolute Gasteiger partial charge is 0.497 e. The highest BCUT2D eigenvalue weighted by molar-refractivity contribution is 6.02. The fraction of sp³-hybridized carbons (Fsp3) is 0.182. The van der Waals surface area contributed by atoms with E-state index in [4.69, 9.17) is 14.6 Å². The number of ether oxygens (including phenoxy) is 2. The van der Waals surface area contributed by atoms with Gasteiger partial charge in [-0.15, -0.1) is 0 Å². The van der Waals surface area contributed by atoms with E-state index in [9.17, 15) is 0 Å². The smallest absolute Gasteiger partial charge is 0.213 e. The lowest BCUT2D eigenvalue weighted by Crippen LogP contribution is -2.33. The third kappa shape index (κ3) is 2.72. The van der Waals surface area contributed by atoms with Crippen LogP contribution < -0.4 is 9.47 Å². The Hall–Kier alpha value is -3.34. The Morgan fingerprint density at radius 1 is 1.04 bits per heavy atom. The van der Waals surface area contributed by atoms with Crippen LogP contribution in [0.15, 0.2) is 78.2 Å². The summed E-state index contributed by atoms with van der Waals surface area (Å²) in [4.78, 5) is 4.13. The Morgan fingerprint density at radius 2 is 1.89 bits per heavy atom. The molecule has 5 heteroatoms. The molecule has 0 saturated carbocycles. The molecule has 5 rings (SSSR count). The number of para-hydroxylation sites is 1. The molecule has 1 aromatic heterocycles. The van der Waals surface area contributed by atoms with E-state index in [0.717, 1.165) is 34.8 Å². The van der Waals surface area contributed by atoms with Crippen molar-refractivity contribution in [1.29, 1.82) is 0 Å². The summed E-state index contributed by atoms with van der Waals surface area (Å²) < 4.78 is 11.7. The molecule has 0 N–H and O–H groups in total. The van der Waals surface area contributed by atoms with Gasteiger partial charge in [-0.25, -0.2) is 5.01 Å². The highest BCUT2D eigenvalue weighted by Crippen LogP contribution is 2.47. The Labute approximate surface area is 157 Å². The summed E-state index contributed by atoms with van der Waals surface area (Å²) in [7, 11) is 1.68. The van der Waals surface area contributed by atoms with Gasteiger partial charge in [0.1, 0.15) is 11.5 Å². The van der Waals surface area contributed by atoms with E-state index >= 15 is 0 Å². The molecule has 2 aliphatic heterocycles. The van der Waals surface area contributed by atoms with Gasteiger partial charge in [-0.3, -0.25) is 4.98 Å². The summed E-state index contributed by atoms with van der Waals surface area (Å²) >= 11 is 0. The summed E-state index contributed by atoms with van der Waals surface area (Å²) in [5.74, 6) is 1.75. The summed E-state index contributed by atoms with van der Waals surface area (Å²) in [6, 6.07) is 20.4. The van der Waals surface area contributed by atoms with Crippen molar-refractivity contribution in [3.8, 4) is 11.5 Å². The van der Waals surface area contributed by atoms with Crippen LogP contribution in [0, 0.1) is 0 Å².